The van der Waals surface area contributed by atoms with E-state index in [2.05, 4.69) is 15.4 Å². The Morgan fingerprint density at radius 2 is 1.96 bits per heavy atom. The van der Waals surface area contributed by atoms with Gasteiger partial charge in [0.2, 0.25) is 0 Å². The SMILES string of the molecule is N#Cc1ccnc(C(=O)Nc2cn(-c3ccc(C=O)cc3)nc2C(N)=O)c1. The summed E-state index contributed by atoms with van der Waals surface area (Å²) in [6.45, 7) is 0. The van der Waals surface area contributed by atoms with Crippen LogP contribution >= 0.6 is 0 Å². The minimum Gasteiger partial charge on any atom is -0.364 e. The number of nitriles is 1. The number of aldehydes is 1. The number of amides is 2. The van der Waals surface area contributed by atoms with Gasteiger partial charge in [0.25, 0.3) is 11.8 Å². The van der Waals surface area contributed by atoms with Crippen molar-refractivity contribution in [3.05, 3.63) is 71.3 Å². The van der Waals surface area contributed by atoms with E-state index >= 15 is 0 Å². The Kier molecular flexibility index (Phi) is 4.72. The molecule has 0 unspecified atom stereocenters. The van der Waals surface area contributed by atoms with Crippen LogP contribution in [0.5, 0.6) is 0 Å². The molecule has 0 aliphatic heterocycles. The summed E-state index contributed by atoms with van der Waals surface area (Å²) in [7, 11) is 0. The van der Waals surface area contributed by atoms with E-state index in [-0.39, 0.29) is 22.6 Å². The van der Waals surface area contributed by atoms with E-state index in [0.717, 1.165) is 0 Å². The lowest BCUT2D eigenvalue weighted by Crippen LogP contribution is -2.18. The maximum atomic E-state index is 12.4. The minimum absolute atomic E-state index is 0.00700. The molecule has 0 aliphatic carbocycles. The summed E-state index contributed by atoms with van der Waals surface area (Å²) in [5.41, 5.74) is 6.62. The number of benzene rings is 1. The molecule has 0 saturated heterocycles. The fourth-order valence-corrected chi connectivity index (χ4v) is 2.30. The highest BCUT2D eigenvalue weighted by Crippen LogP contribution is 2.18. The largest absolute Gasteiger partial charge is 0.364 e. The number of nitrogens with one attached hydrogen (secondary N) is 1. The zero-order chi connectivity index (χ0) is 19.4. The number of anilines is 1. The van der Waals surface area contributed by atoms with Crippen LogP contribution in [0.15, 0.2) is 48.8 Å². The second-order valence-corrected chi connectivity index (χ2v) is 5.41. The third kappa shape index (κ3) is 3.69. The molecule has 132 valence electrons. The molecule has 2 amide bonds. The van der Waals surface area contributed by atoms with Crippen LogP contribution in [-0.2, 0) is 0 Å². The smallest absolute Gasteiger partial charge is 0.274 e. The summed E-state index contributed by atoms with van der Waals surface area (Å²) in [6.07, 6.45) is 3.46. The highest BCUT2D eigenvalue weighted by atomic mass is 16.2. The molecule has 0 spiro atoms. The van der Waals surface area contributed by atoms with Crippen LogP contribution in [0.25, 0.3) is 5.69 Å². The third-order valence-corrected chi connectivity index (χ3v) is 3.61. The van der Waals surface area contributed by atoms with Crippen molar-refractivity contribution in [2.45, 2.75) is 0 Å². The van der Waals surface area contributed by atoms with Crippen LogP contribution in [-0.4, -0.2) is 32.9 Å². The van der Waals surface area contributed by atoms with Crippen molar-refractivity contribution in [2.75, 3.05) is 5.32 Å². The molecule has 9 heteroatoms. The number of aromatic nitrogens is 3. The fraction of sp³-hybridized carbons (Fsp3) is 0. The van der Waals surface area contributed by atoms with Crippen molar-refractivity contribution >= 4 is 23.8 Å². The average molecular weight is 360 g/mol. The first-order chi connectivity index (χ1) is 13.0. The number of pyridine rings is 1. The molecular formula is C18H12N6O3. The summed E-state index contributed by atoms with van der Waals surface area (Å²) in [4.78, 5) is 38.7. The Hall–Kier alpha value is -4.32. The topological polar surface area (TPSA) is 144 Å². The molecule has 3 rings (SSSR count). The van der Waals surface area contributed by atoms with Gasteiger partial charge in [-0.3, -0.25) is 19.4 Å². The first-order valence-electron chi connectivity index (χ1n) is 7.64. The van der Waals surface area contributed by atoms with Gasteiger partial charge in [-0.25, -0.2) is 4.68 Å². The molecular weight excluding hydrogens is 348 g/mol. The Morgan fingerprint density at radius 3 is 2.59 bits per heavy atom. The number of rotatable bonds is 5. The first kappa shape index (κ1) is 17.5. The quantitative estimate of drug-likeness (QED) is 0.656. The molecule has 0 radical (unpaired) electrons. The zero-order valence-corrected chi connectivity index (χ0v) is 13.8. The molecule has 0 saturated carbocycles. The molecule has 3 aromatic rings. The van der Waals surface area contributed by atoms with Gasteiger partial charge in [-0.15, -0.1) is 0 Å². The molecule has 3 N–H and O–H groups in total. The summed E-state index contributed by atoms with van der Waals surface area (Å²) >= 11 is 0. The Morgan fingerprint density at radius 1 is 1.22 bits per heavy atom. The molecule has 0 atom stereocenters. The molecule has 9 nitrogen and oxygen atoms in total. The van der Waals surface area contributed by atoms with Crippen molar-refractivity contribution in [3.8, 4) is 11.8 Å². The average Bonchev–Trinajstić information content (AvgIpc) is 3.12. The summed E-state index contributed by atoms with van der Waals surface area (Å²) < 4.78 is 1.35. The molecule has 2 heterocycles. The highest BCUT2D eigenvalue weighted by Gasteiger charge is 2.18. The van der Waals surface area contributed by atoms with Crippen LogP contribution in [0, 0.1) is 11.3 Å². The predicted octanol–water partition coefficient (Wildman–Crippen LogP) is 1.30. The summed E-state index contributed by atoms with van der Waals surface area (Å²) in [5.74, 6) is -1.45. The van der Waals surface area contributed by atoms with Crippen molar-refractivity contribution < 1.29 is 14.4 Å². The van der Waals surface area contributed by atoms with Crippen molar-refractivity contribution in [1.29, 1.82) is 5.26 Å². The van der Waals surface area contributed by atoms with Gasteiger partial charge < -0.3 is 11.1 Å². The van der Waals surface area contributed by atoms with Gasteiger partial charge in [0.05, 0.1) is 29.2 Å². The van der Waals surface area contributed by atoms with Gasteiger partial charge in [-0.1, -0.05) is 0 Å². The van der Waals surface area contributed by atoms with E-state index in [4.69, 9.17) is 11.0 Å². The van der Waals surface area contributed by atoms with E-state index in [1.165, 1.54) is 29.2 Å². The predicted molar refractivity (Wildman–Crippen MR) is 94.4 cm³/mol. The zero-order valence-electron chi connectivity index (χ0n) is 13.8. The van der Waals surface area contributed by atoms with Gasteiger partial charge in [-0.2, -0.15) is 10.4 Å². The maximum Gasteiger partial charge on any atom is 0.274 e. The highest BCUT2D eigenvalue weighted by molar-refractivity contribution is 6.07. The number of primary amides is 1. The lowest BCUT2D eigenvalue weighted by molar-refractivity contribution is 0.0995. The van der Waals surface area contributed by atoms with E-state index in [0.29, 0.717) is 17.5 Å². The Labute approximate surface area is 153 Å². The number of carbonyl (C=O) groups is 3. The molecule has 1 aromatic carbocycles. The first-order valence-corrected chi connectivity index (χ1v) is 7.64. The van der Waals surface area contributed by atoms with Crippen molar-refractivity contribution in [2.24, 2.45) is 5.73 Å². The lowest BCUT2D eigenvalue weighted by Gasteiger charge is -2.03. The molecule has 0 fully saturated rings. The fourth-order valence-electron chi connectivity index (χ4n) is 2.30. The molecule has 0 aliphatic rings. The standard InChI is InChI=1S/C18H12N6O3/c19-8-12-5-6-21-14(7-12)18(27)22-15-9-24(23-16(15)17(20)26)13-3-1-11(10-25)2-4-13/h1-7,9-10H,(H2,20,26)(H,22,27). The van der Waals surface area contributed by atoms with E-state index in [1.54, 1.807) is 24.3 Å². The maximum absolute atomic E-state index is 12.4. The van der Waals surface area contributed by atoms with Gasteiger partial charge >= 0.3 is 0 Å². The minimum atomic E-state index is -0.827. The summed E-state index contributed by atoms with van der Waals surface area (Å²) in [6, 6.07) is 11.1. The second-order valence-electron chi connectivity index (χ2n) is 5.41. The summed E-state index contributed by atoms with van der Waals surface area (Å²) in [5, 5.41) is 15.5. The second kappa shape index (κ2) is 7.28. The monoisotopic (exact) mass is 360 g/mol. The number of hydrogen-bond acceptors (Lipinski definition) is 6. The molecule has 27 heavy (non-hydrogen) atoms. The normalized spacial score (nSPS) is 10.0. The Bertz CT molecular complexity index is 1080. The molecule has 0 bridgehead atoms. The third-order valence-electron chi connectivity index (χ3n) is 3.61. The van der Waals surface area contributed by atoms with Crippen LogP contribution in [0.2, 0.25) is 0 Å². The van der Waals surface area contributed by atoms with E-state index in [9.17, 15) is 14.4 Å². The molecule has 2 aromatic heterocycles. The van der Waals surface area contributed by atoms with Crippen LogP contribution < -0.4 is 11.1 Å². The van der Waals surface area contributed by atoms with Crippen molar-refractivity contribution in [1.82, 2.24) is 14.8 Å². The van der Waals surface area contributed by atoms with E-state index < -0.39 is 11.8 Å². The lowest BCUT2D eigenvalue weighted by atomic mass is 10.2. The van der Waals surface area contributed by atoms with Gasteiger partial charge in [0.1, 0.15) is 12.0 Å². The number of nitrogens with two attached hydrogens (primary N) is 1. The number of hydrogen-bond donors (Lipinski definition) is 2. The van der Waals surface area contributed by atoms with Gasteiger partial charge in [0, 0.05) is 11.8 Å². The number of nitrogens with zero attached hydrogens (tertiary/aromatic N) is 4. The van der Waals surface area contributed by atoms with Crippen molar-refractivity contribution in [3.63, 3.8) is 0 Å². The Balaban J connectivity index is 1.93. The van der Waals surface area contributed by atoms with Gasteiger partial charge in [-0.05, 0) is 36.4 Å². The number of carbonyl (C=O) groups excluding carboxylic acids is 3. The van der Waals surface area contributed by atoms with Gasteiger partial charge in [0.15, 0.2) is 5.69 Å². The van der Waals surface area contributed by atoms with Crippen LogP contribution in [0.3, 0.4) is 0 Å². The van der Waals surface area contributed by atoms with Crippen LogP contribution in [0.4, 0.5) is 5.69 Å². The van der Waals surface area contributed by atoms with E-state index in [1.807, 2.05) is 6.07 Å². The van der Waals surface area contributed by atoms with Crippen LogP contribution in [0.1, 0.15) is 36.9 Å².